The molecule has 1 unspecified atom stereocenters. The van der Waals surface area contributed by atoms with E-state index in [1.807, 2.05) is 13.0 Å². The zero-order chi connectivity index (χ0) is 12.8. The quantitative estimate of drug-likeness (QED) is 0.868. The van der Waals surface area contributed by atoms with E-state index in [4.69, 9.17) is 15.2 Å². The number of nitrogens with two attached hydrogens (primary N) is 1. The van der Waals surface area contributed by atoms with Crippen LogP contribution in [0.4, 0.5) is 4.79 Å². The zero-order valence-electron chi connectivity index (χ0n) is 9.15. The lowest BCUT2D eigenvalue weighted by molar-refractivity contribution is 0.0677. The summed E-state index contributed by atoms with van der Waals surface area (Å²) >= 11 is 6.61. The fraction of sp³-hybridized carbons (Fsp3) is 0.400. The molecule has 1 rings (SSSR count). The van der Waals surface area contributed by atoms with Crippen LogP contribution in [0.3, 0.4) is 0 Å². The Bertz CT molecular complexity index is 401. The average Bonchev–Trinajstić information content (AvgIpc) is 2.25. The number of hydrogen-bond acceptors (Lipinski definition) is 4. The van der Waals surface area contributed by atoms with E-state index in [1.165, 1.54) is 0 Å². The number of amides is 1. The standard InChI is InChI=1S/C10H12Br2N2O3/c1-2-7(17-10(13)15)5-16-9-8(12)3-6(11)4-14-9/h3-4,7H,2,5H2,1H3,(H2,13,15). The zero-order valence-corrected chi connectivity index (χ0v) is 12.3. The van der Waals surface area contributed by atoms with E-state index >= 15 is 0 Å². The molecule has 1 aromatic heterocycles. The minimum absolute atomic E-state index is 0.215. The first-order chi connectivity index (χ1) is 8.02. The first-order valence-corrected chi connectivity index (χ1v) is 6.51. The number of primary amides is 1. The second-order valence-corrected chi connectivity index (χ2v) is 4.99. The minimum Gasteiger partial charge on any atom is -0.473 e. The van der Waals surface area contributed by atoms with E-state index in [0.717, 1.165) is 8.95 Å². The van der Waals surface area contributed by atoms with Crippen LogP contribution in [0.1, 0.15) is 13.3 Å². The van der Waals surface area contributed by atoms with E-state index in [9.17, 15) is 4.79 Å². The highest BCUT2D eigenvalue weighted by Crippen LogP contribution is 2.25. The van der Waals surface area contributed by atoms with Gasteiger partial charge >= 0.3 is 6.09 Å². The monoisotopic (exact) mass is 366 g/mol. The van der Waals surface area contributed by atoms with E-state index in [1.54, 1.807) is 6.20 Å². The molecule has 1 heterocycles. The number of carbonyl (C=O) groups excluding carboxylic acids is 1. The molecule has 7 heteroatoms. The number of pyridine rings is 1. The summed E-state index contributed by atoms with van der Waals surface area (Å²) in [6, 6.07) is 1.82. The summed E-state index contributed by atoms with van der Waals surface area (Å²) in [5.41, 5.74) is 4.94. The number of ether oxygens (including phenoxy) is 2. The van der Waals surface area contributed by atoms with Gasteiger partial charge in [-0.1, -0.05) is 6.92 Å². The lowest BCUT2D eigenvalue weighted by atomic mass is 10.3. The molecule has 2 N–H and O–H groups in total. The van der Waals surface area contributed by atoms with Gasteiger partial charge < -0.3 is 15.2 Å². The predicted octanol–water partition coefficient (Wildman–Crippen LogP) is 2.86. The molecule has 0 aliphatic carbocycles. The Morgan fingerprint density at radius 1 is 1.59 bits per heavy atom. The van der Waals surface area contributed by atoms with Gasteiger partial charge in [-0.15, -0.1) is 0 Å². The second-order valence-electron chi connectivity index (χ2n) is 3.22. The Kier molecular flexibility index (Phi) is 5.70. The second kappa shape index (κ2) is 6.80. The van der Waals surface area contributed by atoms with Gasteiger partial charge in [-0.05, 0) is 44.3 Å². The van der Waals surface area contributed by atoms with Crippen LogP contribution in [-0.4, -0.2) is 23.8 Å². The fourth-order valence-corrected chi connectivity index (χ4v) is 2.18. The topological polar surface area (TPSA) is 74.4 Å². The molecule has 5 nitrogen and oxygen atoms in total. The molecule has 0 bridgehead atoms. The first kappa shape index (κ1) is 14.2. The Hall–Kier alpha value is -0.820. The van der Waals surface area contributed by atoms with Crippen molar-refractivity contribution >= 4 is 38.0 Å². The maximum absolute atomic E-state index is 10.6. The highest BCUT2D eigenvalue weighted by atomic mass is 79.9. The number of carbonyl (C=O) groups is 1. The normalized spacial score (nSPS) is 11.9. The third-order valence-electron chi connectivity index (χ3n) is 1.92. The van der Waals surface area contributed by atoms with Crippen molar-refractivity contribution in [1.82, 2.24) is 4.98 Å². The summed E-state index contributed by atoms with van der Waals surface area (Å²) in [5.74, 6) is 0.444. The van der Waals surface area contributed by atoms with Crippen molar-refractivity contribution in [1.29, 1.82) is 0 Å². The van der Waals surface area contributed by atoms with E-state index in [-0.39, 0.29) is 12.7 Å². The lowest BCUT2D eigenvalue weighted by Crippen LogP contribution is -2.27. The fourth-order valence-electron chi connectivity index (χ4n) is 1.08. The van der Waals surface area contributed by atoms with Crippen LogP contribution < -0.4 is 10.5 Å². The van der Waals surface area contributed by atoms with Crippen LogP contribution >= 0.6 is 31.9 Å². The number of rotatable bonds is 5. The average molecular weight is 368 g/mol. The van der Waals surface area contributed by atoms with Crippen molar-refractivity contribution in [2.24, 2.45) is 5.73 Å². The van der Waals surface area contributed by atoms with Gasteiger partial charge in [0.25, 0.3) is 0 Å². The Labute approximate surface area is 116 Å². The van der Waals surface area contributed by atoms with Crippen molar-refractivity contribution in [2.75, 3.05) is 6.61 Å². The molecule has 1 atom stereocenters. The molecule has 0 fully saturated rings. The smallest absolute Gasteiger partial charge is 0.404 e. The van der Waals surface area contributed by atoms with Gasteiger partial charge in [0.05, 0.1) is 4.47 Å². The predicted molar refractivity (Wildman–Crippen MR) is 69.9 cm³/mol. The van der Waals surface area contributed by atoms with Gasteiger partial charge in [-0.3, -0.25) is 0 Å². The summed E-state index contributed by atoms with van der Waals surface area (Å²) in [7, 11) is 0. The Morgan fingerprint density at radius 2 is 2.29 bits per heavy atom. The number of nitrogens with zero attached hydrogens (tertiary/aromatic N) is 1. The molecule has 17 heavy (non-hydrogen) atoms. The van der Waals surface area contributed by atoms with Crippen LogP contribution in [0.15, 0.2) is 21.2 Å². The maximum atomic E-state index is 10.6. The largest absolute Gasteiger partial charge is 0.473 e. The SMILES string of the molecule is CCC(COc1ncc(Br)cc1Br)OC(N)=O. The van der Waals surface area contributed by atoms with Crippen molar-refractivity contribution in [3.8, 4) is 5.88 Å². The van der Waals surface area contributed by atoms with Gasteiger partial charge in [-0.2, -0.15) is 0 Å². The molecule has 1 aromatic rings. The van der Waals surface area contributed by atoms with Gasteiger partial charge in [0.1, 0.15) is 12.7 Å². The minimum atomic E-state index is -0.803. The number of aromatic nitrogens is 1. The van der Waals surface area contributed by atoms with Crippen molar-refractivity contribution in [3.05, 3.63) is 21.2 Å². The molecule has 0 saturated carbocycles. The molecule has 94 valence electrons. The molecular formula is C10H12Br2N2O3. The Morgan fingerprint density at radius 3 is 2.82 bits per heavy atom. The third-order valence-corrected chi connectivity index (χ3v) is 2.92. The molecule has 0 spiro atoms. The van der Waals surface area contributed by atoms with Crippen molar-refractivity contribution < 1.29 is 14.3 Å². The number of halogens is 2. The van der Waals surface area contributed by atoms with Gasteiger partial charge in [0.15, 0.2) is 0 Å². The van der Waals surface area contributed by atoms with Crippen LogP contribution in [0.2, 0.25) is 0 Å². The van der Waals surface area contributed by atoms with Crippen molar-refractivity contribution in [3.63, 3.8) is 0 Å². The molecule has 0 saturated heterocycles. The third kappa shape index (κ3) is 4.91. The summed E-state index contributed by atoms with van der Waals surface area (Å²) in [6.45, 7) is 2.09. The number of hydrogen-bond donors (Lipinski definition) is 1. The van der Waals surface area contributed by atoms with Crippen molar-refractivity contribution in [2.45, 2.75) is 19.4 Å². The Balaban J connectivity index is 2.56. The maximum Gasteiger partial charge on any atom is 0.404 e. The molecular weight excluding hydrogens is 356 g/mol. The van der Waals surface area contributed by atoms with E-state index in [0.29, 0.717) is 12.3 Å². The van der Waals surface area contributed by atoms with Crippen LogP contribution in [0.25, 0.3) is 0 Å². The summed E-state index contributed by atoms with van der Waals surface area (Å²) in [5, 5.41) is 0. The van der Waals surface area contributed by atoms with Gasteiger partial charge in [0.2, 0.25) is 5.88 Å². The highest BCUT2D eigenvalue weighted by Gasteiger charge is 2.12. The molecule has 0 aromatic carbocycles. The lowest BCUT2D eigenvalue weighted by Gasteiger charge is -2.15. The summed E-state index contributed by atoms with van der Waals surface area (Å²) in [6.07, 6.45) is 1.07. The van der Waals surface area contributed by atoms with E-state index < -0.39 is 6.09 Å². The molecule has 0 aliphatic rings. The van der Waals surface area contributed by atoms with Gasteiger partial charge in [-0.25, -0.2) is 9.78 Å². The summed E-state index contributed by atoms with van der Waals surface area (Å²) in [4.78, 5) is 14.7. The van der Waals surface area contributed by atoms with Crippen LogP contribution in [-0.2, 0) is 4.74 Å². The molecule has 1 amide bonds. The molecule has 0 radical (unpaired) electrons. The van der Waals surface area contributed by atoms with Gasteiger partial charge in [0, 0.05) is 10.7 Å². The summed E-state index contributed by atoms with van der Waals surface area (Å²) < 4.78 is 11.8. The van der Waals surface area contributed by atoms with Crippen LogP contribution in [0, 0.1) is 0 Å². The van der Waals surface area contributed by atoms with Crippen LogP contribution in [0.5, 0.6) is 5.88 Å². The van der Waals surface area contributed by atoms with E-state index in [2.05, 4.69) is 36.8 Å². The first-order valence-electron chi connectivity index (χ1n) is 4.92. The highest BCUT2D eigenvalue weighted by molar-refractivity contribution is 9.11. The molecule has 0 aliphatic heterocycles.